The molecule has 0 saturated carbocycles. The highest BCUT2D eigenvalue weighted by Gasteiger charge is 2.35. The summed E-state index contributed by atoms with van der Waals surface area (Å²) in [5.74, 6) is 0.565. The predicted molar refractivity (Wildman–Crippen MR) is 112 cm³/mol. The normalized spacial score (nSPS) is 13.7. The van der Waals surface area contributed by atoms with Gasteiger partial charge in [-0.3, -0.25) is 4.79 Å². The van der Waals surface area contributed by atoms with E-state index in [0.717, 1.165) is 4.88 Å². The van der Waals surface area contributed by atoms with E-state index in [1.807, 2.05) is 6.07 Å². The van der Waals surface area contributed by atoms with Gasteiger partial charge < -0.3 is 20.1 Å². The molecule has 1 amide bonds. The van der Waals surface area contributed by atoms with Crippen molar-refractivity contribution in [2.45, 2.75) is 12.5 Å². The fraction of sp³-hybridized carbons (Fsp3) is 0.263. The van der Waals surface area contributed by atoms with Gasteiger partial charge in [0, 0.05) is 18.0 Å². The first-order valence-corrected chi connectivity index (χ1v) is 10.3. The van der Waals surface area contributed by atoms with Crippen molar-refractivity contribution in [2.24, 2.45) is 0 Å². The van der Waals surface area contributed by atoms with Crippen molar-refractivity contribution in [3.8, 4) is 5.75 Å². The number of anilines is 1. The van der Waals surface area contributed by atoms with Crippen LogP contribution in [0.4, 0.5) is 10.7 Å². The first kappa shape index (κ1) is 20.2. The molecule has 3 aromatic rings. The van der Waals surface area contributed by atoms with E-state index in [2.05, 4.69) is 15.4 Å². The van der Waals surface area contributed by atoms with Crippen LogP contribution in [-0.4, -0.2) is 57.0 Å². The maximum atomic E-state index is 13.2. The smallest absolute Gasteiger partial charge is 0.407 e. The number of nitrogens with zero attached hydrogens (tertiary/aromatic N) is 4. The van der Waals surface area contributed by atoms with E-state index in [0.29, 0.717) is 41.1 Å². The maximum Gasteiger partial charge on any atom is 0.407 e. The van der Waals surface area contributed by atoms with Gasteiger partial charge in [-0.15, -0.1) is 16.4 Å². The Morgan fingerprint density at radius 1 is 1.30 bits per heavy atom. The minimum Gasteiger partial charge on any atom is -0.496 e. The van der Waals surface area contributed by atoms with Crippen LogP contribution in [0.3, 0.4) is 0 Å². The summed E-state index contributed by atoms with van der Waals surface area (Å²) in [6, 6.07) is 10.6. The molecule has 0 bridgehead atoms. The summed E-state index contributed by atoms with van der Waals surface area (Å²) in [6.45, 7) is 1.00. The summed E-state index contributed by atoms with van der Waals surface area (Å²) in [4.78, 5) is 31.0. The number of hydrogen-bond acceptors (Lipinski definition) is 7. The molecule has 0 atom stereocenters. The highest BCUT2D eigenvalue weighted by atomic mass is 35.5. The number of benzene rings is 1. The molecule has 156 valence electrons. The molecule has 0 spiro atoms. The first-order chi connectivity index (χ1) is 14.5. The average molecular weight is 448 g/mol. The molecule has 2 aromatic heterocycles. The minimum atomic E-state index is -0.983. The van der Waals surface area contributed by atoms with Crippen molar-refractivity contribution in [2.75, 3.05) is 25.5 Å². The SMILES string of the molecule is COc1ccccc1C(=O)n1nc(C2CN(C(=O)O)C2)nc1NCc1ccc(Cl)s1. The number of methoxy groups -OCH3 is 1. The molecule has 11 heteroatoms. The number of ether oxygens (including phenoxy) is 1. The maximum absolute atomic E-state index is 13.2. The van der Waals surface area contributed by atoms with Gasteiger partial charge >= 0.3 is 6.09 Å². The Kier molecular flexibility index (Phi) is 5.60. The van der Waals surface area contributed by atoms with Crippen molar-refractivity contribution in [1.29, 1.82) is 0 Å². The Labute approximate surface area is 180 Å². The molecular formula is C19H18ClN5O4S. The van der Waals surface area contributed by atoms with Crippen LogP contribution in [0.2, 0.25) is 4.34 Å². The van der Waals surface area contributed by atoms with Gasteiger partial charge in [-0.1, -0.05) is 23.7 Å². The van der Waals surface area contributed by atoms with Gasteiger partial charge in [0.1, 0.15) is 5.75 Å². The van der Waals surface area contributed by atoms with Crippen LogP contribution < -0.4 is 10.1 Å². The summed E-state index contributed by atoms with van der Waals surface area (Å²) < 4.78 is 7.17. The number of halogens is 1. The van der Waals surface area contributed by atoms with Gasteiger partial charge in [-0.2, -0.15) is 9.67 Å². The second-order valence-corrected chi connectivity index (χ2v) is 8.45. The van der Waals surface area contributed by atoms with E-state index in [1.54, 1.807) is 30.3 Å². The Morgan fingerprint density at radius 3 is 2.73 bits per heavy atom. The number of hydrogen-bond donors (Lipinski definition) is 2. The van der Waals surface area contributed by atoms with Crippen molar-refractivity contribution in [3.05, 3.63) is 57.0 Å². The van der Waals surface area contributed by atoms with Crippen LogP contribution >= 0.6 is 22.9 Å². The van der Waals surface area contributed by atoms with Crippen LogP contribution in [0.1, 0.15) is 27.0 Å². The van der Waals surface area contributed by atoms with Gasteiger partial charge in [0.25, 0.3) is 5.91 Å². The van der Waals surface area contributed by atoms with Gasteiger partial charge in [-0.05, 0) is 24.3 Å². The number of amides is 1. The van der Waals surface area contributed by atoms with E-state index in [1.165, 1.54) is 28.0 Å². The third-order valence-corrected chi connectivity index (χ3v) is 5.95. The second-order valence-electron chi connectivity index (χ2n) is 6.65. The summed E-state index contributed by atoms with van der Waals surface area (Å²) in [7, 11) is 1.49. The summed E-state index contributed by atoms with van der Waals surface area (Å²) >= 11 is 7.41. The first-order valence-electron chi connectivity index (χ1n) is 9.07. The summed E-state index contributed by atoms with van der Waals surface area (Å²) in [5, 5.41) is 16.6. The number of aromatic nitrogens is 3. The molecule has 0 unspecified atom stereocenters. The number of carbonyl (C=O) groups is 2. The molecule has 9 nitrogen and oxygen atoms in total. The fourth-order valence-electron chi connectivity index (χ4n) is 3.10. The molecule has 0 aliphatic carbocycles. The molecule has 4 rings (SSSR count). The van der Waals surface area contributed by atoms with Crippen molar-refractivity contribution in [3.63, 3.8) is 0 Å². The third kappa shape index (κ3) is 3.96. The molecule has 1 saturated heterocycles. The molecule has 1 aliphatic heterocycles. The molecule has 3 heterocycles. The standard InChI is InChI=1S/C19H18ClN5O4S/c1-29-14-5-3-2-4-13(14)17(26)25-18(21-8-12-6-7-15(20)30-12)22-16(23-25)11-9-24(10-11)19(27)28/h2-7,11H,8-10H2,1H3,(H,27,28)(H,21,22,23). The monoisotopic (exact) mass is 447 g/mol. The van der Waals surface area contributed by atoms with E-state index < -0.39 is 12.0 Å². The topological polar surface area (TPSA) is 110 Å². The van der Waals surface area contributed by atoms with Crippen molar-refractivity contribution in [1.82, 2.24) is 19.7 Å². The molecule has 1 fully saturated rings. The van der Waals surface area contributed by atoms with Crippen LogP contribution in [0.25, 0.3) is 0 Å². The Balaban J connectivity index is 1.62. The summed E-state index contributed by atoms with van der Waals surface area (Å²) in [5.41, 5.74) is 0.347. The van der Waals surface area contributed by atoms with E-state index >= 15 is 0 Å². The molecule has 0 radical (unpaired) electrons. The summed E-state index contributed by atoms with van der Waals surface area (Å²) in [6.07, 6.45) is -0.983. The zero-order chi connectivity index (χ0) is 21.3. The predicted octanol–water partition coefficient (Wildman–Crippen LogP) is 3.38. The highest BCUT2D eigenvalue weighted by Crippen LogP contribution is 2.28. The molecule has 30 heavy (non-hydrogen) atoms. The number of thiophene rings is 1. The second kappa shape index (κ2) is 8.33. The Hall–Kier alpha value is -3.11. The molecule has 2 N–H and O–H groups in total. The number of carboxylic acid groups (broad SMARTS) is 1. The number of carbonyl (C=O) groups excluding carboxylic acids is 1. The van der Waals surface area contributed by atoms with Gasteiger partial charge in [-0.25, -0.2) is 4.79 Å². The van der Waals surface area contributed by atoms with Crippen molar-refractivity contribution < 1.29 is 19.4 Å². The lowest BCUT2D eigenvalue weighted by atomic mass is 10.0. The lowest BCUT2D eigenvalue weighted by Crippen LogP contribution is -2.48. The van der Waals surface area contributed by atoms with E-state index in [4.69, 9.17) is 21.4 Å². The quantitative estimate of drug-likeness (QED) is 0.596. The largest absolute Gasteiger partial charge is 0.496 e. The highest BCUT2D eigenvalue weighted by molar-refractivity contribution is 7.16. The molecular weight excluding hydrogens is 430 g/mol. The van der Waals surface area contributed by atoms with Crippen molar-refractivity contribution >= 4 is 40.9 Å². The zero-order valence-corrected chi connectivity index (χ0v) is 17.5. The lowest BCUT2D eigenvalue weighted by molar-refractivity contribution is 0.0933. The van der Waals surface area contributed by atoms with Crippen LogP contribution in [0.5, 0.6) is 5.75 Å². The Bertz CT molecular complexity index is 1090. The van der Waals surface area contributed by atoms with Gasteiger partial charge in [0.2, 0.25) is 5.95 Å². The van der Waals surface area contributed by atoms with Crippen LogP contribution in [0, 0.1) is 0 Å². The average Bonchev–Trinajstić information content (AvgIpc) is 3.30. The molecule has 1 aliphatic rings. The third-order valence-electron chi connectivity index (χ3n) is 4.72. The number of likely N-dealkylation sites (tertiary alicyclic amines) is 1. The lowest BCUT2D eigenvalue weighted by Gasteiger charge is -2.35. The Morgan fingerprint density at radius 2 is 2.07 bits per heavy atom. The zero-order valence-electron chi connectivity index (χ0n) is 15.9. The number of nitrogens with one attached hydrogen (secondary N) is 1. The number of rotatable bonds is 6. The molecule has 1 aromatic carbocycles. The van der Waals surface area contributed by atoms with E-state index in [-0.39, 0.29) is 11.9 Å². The number of para-hydroxylation sites is 1. The van der Waals surface area contributed by atoms with Crippen LogP contribution in [0.15, 0.2) is 36.4 Å². The fourth-order valence-corrected chi connectivity index (χ4v) is 4.13. The van der Waals surface area contributed by atoms with Gasteiger partial charge in [0.15, 0.2) is 5.82 Å². The van der Waals surface area contributed by atoms with Crippen LogP contribution in [-0.2, 0) is 6.54 Å². The van der Waals surface area contributed by atoms with E-state index in [9.17, 15) is 9.59 Å². The minimum absolute atomic E-state index is 0.162. The van der Waals surface area contributed by atoms with Gasteiger partial charge in [0.05, 0.1) is 29.5 Å².